The summed E-state index contributed by atoms with van der Waals surface area (Å²) in [5, 5.41) is 2.82. The van der Waals surface area contributed by atoms with Crippen molar-refractivity contribution < 1.29 is 43.2 Å². The standard InChI is InChI=1S/C37H41NO9/c1-36(2,3)20-25(14-22-8-11-28(40)32(44)17-22)35(47)38-26(15-23-9-12-29(41)33(45)18-23)30(42)19-24(34(46)37(4,5)6)13-21-7-10-27(39)31(43)16-21/h7-12,16-18,24-26H,13-15,19-20H2,1-6H3,(H,38,47). The number of amides is 1. The molecule has 3 rings (SSSR count). The van der Waals surface area contributed by atoms with E-state index in [1.165, 1.54) is 24.3 Å². The predicted octanol–water partition coefficient (Wildman–Crippen LogP) is 3.79. The molecule has 0 aromatic carbocycles. The van der Waals surface area contributed by atoms with E-state index in [4.69, 9.17) is 0 Å². The number of carbonyl (C=O) groups is 9. The van der Waals surface area contributed by atoms with Crippen molar-refractivity contribution in [2.75, 3.05) is 0 Å². The fourth-order valence-electron chi connectivity index (χ4n) is 5.63. The third-order valence-corrected chi connectivity index (χ3v) is 7.92. The summed E-state index contributed by atoms with van der Waals surface area (Å²) in [6.45, 7) is 10.9. The van der Waals surface area contributed by atoms with Crippen LogP contribution in [-0.2, 0) is 43.2 Å². The second-order valence-corrected chi connectivity index (χ2v) is 14.5. The van der Waals surface area contributed by atoms with Crippen LogP contribution in [-0.4, -0.2) is 58.2 Å². The first-order chi connectivity index (χ1) is 21.7. The Morgan fingerprint density at radius 3 is 1.36 bits per heavy atom. The van der Waals surface area contributed by atoms with Crippen molar-refractivity contribution in [1.29, 1.82) is 0 Å². The van der Waals surface area contributed by atoms with Gasteiger partial charge in [-0.3, -0.25) is 43.2 Å². The molecule has 10 heteroatoms. The Hall–Kier alpha value is -4.73. The van der Waals surface area contributed by atoms with Gasteiger partial charge in [-0.05, 0) is 84.3 Å². The number of hydrogen-bond donors (Lipinski definition) is 1. The van der Waals surface area contributed by atoms with Crippen molar-refractivity contribution in [2.45, 2.75) is 79.7 Å². The van der Waals surface area contributed by atoms with E-state index in [1.54, 1.807) is 20.8 Å². The van der Waals surface area contributed by atoms with E-state index in [1.807, 2.05) is 20.8 Å². The average molecular weight is 644 g/mol. The molecular formula is C37H41NO9. The molecule has 3 unspecified atom stereocenters. The smallest absolute Gasteiger partial charge is 0.225 e. The largest absolute Gasteiger partial charge is 0.346 e. The minimum atomic E-state index is -1.20. The van der Waals surface area contributed by atoms with Crippen LogP contribution in [0.4, 0.5) is 0 Å². The van der Waals surface area contributed by atoms with Gasteiger partial charge in [-0.1, -0.05) is 59.8 Å². The Labute approximate surface area is 274 Å². The Bertz CT molecular complexity index is 1610. The first kappa shape index (κ1) is 36.7. The van der Waals surface area contributed by atoms with Crippen molar-refractivity contribution in [1.82, 2.24) is 5.32 Å². The number of nitrogens with one attached hydrogen (secondary N) is 1. The highest BCUT2D eigenvalue weighted by Crippen LogP contribution is 2.32. The minimum absolute atomic E-state index is 0.00744. The van der Waals surface area contributed by atoms with Crippen molar-refractivity contribution in [3.63, 3.8) is 0 Å². The van der Waals surface area contributed by atoms with Crippen LogP contribution >= 0.6 is 0 Å². The molecule has 248 valence electrons. The van der Waals surface area contributed by atoms with Gasteiger partial charge in [-0.25, -0.2) is 0 Å². The van der Waals surface area contributed by atoms with Crippen molar-refractivity contribution in [3.8, 4) is 0 Å². The normalized spacial score (nSPS) is 18.8. The molecule has 0 aliphatic heterocycles. The molecule has 47 heavy (non-hydrogen) atoms. The summed E-state index contributed by atoms with van der Waals surface area (Å²) in [6, 6.07) is -1.20. The van der Waals surface area contributed by atoms with Crippen molar-refractivity contribution in [3.05, 3.63) is 71.4 Å². The number of Topliss-reactive ketones (excluding diaryl/α,β-unsaturated/α-hetero) is 2. The van der Waals surface area contributed by atoms with Gasteiger partial charge in [-0.15, -0.1) is 0 Å². The first-order valence-electron chi connectivity index (χ1n) is 15.5. The van der Waals surface area contributed by atoms with E-state index in [9.17, 15) is 43.2 Å². The van der Waals surface area contributed by atoms with Crippen LogP contribution in [0.25, 0.3) is 0 Å². The second-order valence-electron chi connectivity index (χ2n) is 14.5. The van der Waals surface area contributed by atoms with Crippen molar-refractivity contribution >= 4 is 52.2 Å². The van der Waals surface area contributed by atoms with Crippen LogP contribution in [0.1, 0.15) is 73.6 Å². The van der Waals surface area contributed by atoms with E-state index in [2.05, 4.69) is 5.32 Å². The average Bonchev–Trinajstić information content (AvgIpc) is 2.96. The molecule has 10 nitrogen and oxygen atoms in total. The number of carbonyl (C=O) groups excluding carboxylic acids is 9. The molecule has 0 aromatic heterocycles. The molecular weight excluding hydrogens is 602 g/mol. The number of hydrogen-bond acceptors (Lipinski definition) is 9. The molecule has 3 atom stereocenters. The molecule has 1 amide bonds. The molecule has 0 aromatic rings. The van der Waals surface area contributed by atoms with E-state index in [-0.39, 0.29) is 36.9 Å². The third-order valence-electron chi connectivity index (χ3n) is 7.92. The maximum Gasteiger partial charge on any atom is 0.225 e. The SMILES string of the molecule is CC(C)(C)CC(CC1=CC(=O)C(=O)C=C1)C(=O)NC(CC1=CC(=O)C(=O)C=C1)C(=O)CC(CC1=CC(=O)C(=O)C=C1)C(=O)C(C)(C)C. The molecule has 0 radical (unpaired) electrons. The molecule has 3 aliphatic carbocycles. The summed E-state index contributed by atoms with van der Waals surface area (Å²) >= 11 is 0. The summed E-state index contributed by atoms with van der Waals surface area (Å²) in [5.41, 5.74) is 0.0397. The fraction of sp³-hybridized carbons (Fsp3) is 0.432. The van der Waals surface area contributed by atoms with Gasteiger partial charge in [0.15, 0.2) is 5.78 Å². The predicted molar refractivity (Wildman–Crippen MR) is 173 cm³/mol. The number of allylic oxidation sites excluding steroid dienone is 11. The van der Waals surface area contributed by atoms with Gasteiger partial charge in [-0.2, -0.15) is 0 Å². The van der Waals surface area contributed by atoms with Crippen molar-refractivity contribution in [2.24, 2.45) is 22.7 Å². The minimum Gasteiger partial charge on any atom is -0.346 e. The van der Waals surface area contributed by atoms with Gasteiger partial charge in [0.05, 0.1) is 6.04 Å². The van der Waals surface area contributed by atoms with E-state index in [0.717, 1.165) is 30.4 Å². The summed E-state index contributed by atoms with van der Waals surface area (Å²) < 4.78 is 0. The van der Waals surface area contributed by atoms with Crippen LogP contribution in [0.15, 0.2) is 71.4 Å². The topological polar surface area (TPSA) is 166 Å². The number of ketones is 8. The molecule has 3 aliphatic rings. The second kappa shape index (κ2) is 14.8. The maximum atomic E-state index is 14.0. The van der Waals surface area contributed by atoms with Gasteiger partial charge >= 0.3 is 0 Å². The molecule has 1 N–H and O–H groups in total. The summed E-state index contributed by atoms with van der Waals surface area (Å²) in [6.07, 6.45) is 11.2. The lowest BCUT2D eigenvalue weighted by Gasteiger charge is -2.29. The first-order valence-corrected chi connectivity index (χ1v) is 15.5. The monoisotopic (exact) mass is 643 g/mol. The Balaban J connectivity index is 1.94. The van der Waals surface area contributed by atoms with Crippen LogP contribution in [0.5, 0.6) is 0 Å². The van der Waals surface area contributed by atoms with E-state index < -0.39 is 69.7 Å². The summed E-state index contributed by atoms with van der Waals surface area (Å²) in [4.78, 5) is 113. The third kappa shape index (κ3) is 10.7. The lowest BCUT2D eigenvalue weighted by atomic mass is 9.76. The highest BCUT2D eigenvalue weighted by atomic mass is 16.2. The van der Waals surface area contributed by atoms with Crippen LogP contribution < -0.4 is 5.32 Å². The van der Waals surface area contributed by atoms with E-state index in [0.29, 0.717) is 23.1 Å². The van der Waals surface area contributed by atoms with Gasteiger partial charge in [0.1, 0.15) is 5.78 Å². The fourth-order valence-corrected chi connectivity index (χ4v) is 5.63. The van der Waals surface area contributed by atoms with Gasteiger partial charge in [0, 0.05) is 23.7 Å². The number of rotatable bonds is 13. The molecule has 0 fully saturated rings. The molecule has 0 heterocycles. The molecule has 0 spiro atoms. The maximum absolute atomic E-state index is 14.0. The Morgan fingerprint density at radius 1 is 0.574 bits per heavy atom. The van der Waals surface area contributed by atoms with Gasteiger partial charge < -0.3 is 5.32 Å². The zero-order valence-electron chi connectivity index (χ0n) is 27.6. The summed E-state index contributed by atoms with van der Waals surface area (Å²) in [5.74, 6) is -7.12. The molecule has 0 saturated carbocycles. The van der Waals surface area contributed by atoms with E-state index >= 15 is 0 Å². The zero-order valence-corrected chi connectivity index (χ0v) is 27.6. The highest BCUT2D eigenvalue weighted by molar-refractivity contribution is 6.47. The van der Waals surface area contributed by atoms with Crippen LogP contribution in [0.3, 0.4) is 0 Å². The summed E-state index contributed by atoms with van der Waals surface area (Å²) in [7, 11) is 0. The highest BCUT2D eigenvalue weighted by Gasteiger charge is 2.36. The zero-order chi connectivity index (χ0) is 35.3. The Kier molecular flexibility index (Phi) is 11.6. The molecule has 0 bridgehead atoms. The van der Waals surface area contributed by atoms with Gasteiger partial charge in [0.2, 0.25) is 40.6 Å². The van der Waals surface area contributed by atoms with Crippen LogP contribution in [0.2, 0.25) is 0 Å². The molecule has 0 saturated heterocycles. The quantitative estimate of drug-likeness (QED) is 0.232. The lowest BCUT2D eigenvalue weighted by molar-refractivity contribution is -0.135. The van der Waals surface area contributed by atoms with Crippen LogP contribution in [0, 0.1) is 22.7 Å². The van der Waals surface area contributed by atoms with Gasteiger partial charge in [0.25, 0.3) is 0 Å². The lowest BCUT2D eigenvalue weighted by Crippen LogP contribution is -2.46. The Morgan fingerprint density at radius 2 is 0.979 bits per heavy atom.